The van der Waals surface area contributed by atoms with Gasteiger partial charge in [0.2, 0.25) is 0 Å². The van der Waals surface area contributed by atoms with Crippen molar-refractivity contribution >= 4 is 29.7 Å². The van der Waals surface area contributed by atoms with Gasteiger partial charge in [-0.05, 0) is 19.1 Å². The van der Waals surface area contributed by atoms with Crippen molar-refractivity contribution in [2.24, 2.45) is 0 Å². The highest BCUT2D eigenvalue weighted by molar-refractivity contribution is 7.13. The topological polar surface area (TPSA) is 63.1 Å². The summed E-state index contributed by atoms with van der Waals surface area (Å²) in [6.07, 6.45) is 3.73. The van der Waals surface area contributed by atoms with Gasteiger partial charge in [-0.25, -0.2) is 9.67 Å². The van der Waals surface area contributed by atoms with Crippen molar-refractivity contribution in [3.63, 3.8) is 0 Å². The molecule has 6 nitrogen and oxygen atoms in total. The lowest BCUT2D eigenvalue weighted by Gasteiger charge is -2.33. The number of hydrogen-bond acceptors (Lipinski definition) is 5. The van der Waals surface area contributed by atoms with Crippen LogP contribution in [-0.2, 0) is 0 Å². The van der Waals surface area contributed by atoms with E-state index in [0.717, 1.165) is 35.9 Å². The van der Waals surface area contributed by atoms with E-state index >= 15 is 0 Å². The second-order valence-electron chi connectivity index (χ2n) is 6.10. The molecule has 1 saturated heterocycles. The molecule has 3 heterocycles. The molecule has 1 N–H and O–H groups in total. The van der Waals surface area contributed by atoms with E-state index in [9.17, 15) is 4.79 Å². The number of carbonyl (C=O) groups is 1. The molecule has 4 rings (SSSR count). The molecule has 1 fully saturated rings. The van der Waals surface area contributed by atoms with E-state index in [1.165, 1.54) is 11.3 Å². The highest BCUT2D eigenvalue weighted by atomic mass is 35.5. The maximum absolute atomic E-state index is 12.7. The molecular weight excluding hydrogens is 370 g/mol. The zero-order chi connectivity index (χ0) is 17.2. The van der Waals surface area contributed by atoms with E-state index in [-0.39, 0.29) is 24.4 Å². The SMILES string of the molecule is CC1CNCCN1C(=O)c1csc(-c2cnn(-c3ccccc3)c2)n1.Cl. The van der Waals surface area contributed by atoms with Crippen molar-refractivity contribution in [1.82, 2.24) is 25.0 Å². The number of rotatable bonds is 3. The normalized spacial score (nSPS) is 17.0. The number of carbonyl (C=O) groups excluding carboxylic acids is 1. The molecule has 1 atom stereocenters. The van der Waals surface area contributed by atoms with E-state index in [2.05, 4.69) is 22.3 Å². The molecule has 2 aromatic heterocycles. The third-order valence-electron chi connectivity index (χ3n) is 4.34. The highest BCUT2D eigenvalue weighted by Crippen LogP contribution is 2.25. The first kappa shape index (κ1) is 18.6. The molecule has 1 unspecified atom stereocenters. The van der Waals surface area contributed by atoms with Crippen molar-refractivity contribution in [3.8, 4) is 16.3 Å². The van der Waals surface area contributed by atoms with Crippen LogP contribution >= 0.6 is 23.7 Å². The third kappa shape index (κ3) is 3.65. The van der Waals surface area contributed by atoms with Crippen molar-refractivity contribution in [2.45, 2.75) is 13.0 Å². The zero-order valence-corrected chi connectivity index (χ0v) is 16.0. The smallest absolute Gasteiger partial charge is 0.273 e. The Hall–Kier alpha value is -2.22. The van der Waals surface area contributed by atoms with Gasteiger partial charge in [0.25, 0.3) is 5.91 Å². The van der Waals surface area contributed by atoms with Gasteiger partial charge in [-0.3, -0.25) is 4.79 Å². The molecule has 1 aliphatic heterocycles. The van der Waals surface area contributed by atoms with Gasteiger partial charge < -0.3 is 10.2 Å². The third-order valence-corrected chi connectivity index (χ3v) is 5.23. The number of piperazine rings is 1. The first-order valence-corrected chi connectivity index (χ1v) is 9.18. The zero-order valence-electron chi connectivity index (χ0n) is 14.3. The summed E-state index contributed by atoms with van der Waals surface area (Å²) < 4.78 is 1.82. The minimum atomic E-state index is 0. The lowest BCUT2D eigenvalue weighted by Crippen LogP contribution is -2.52. The molecule has 0 spiro atoms. The summed E-state index contributed by atoms with van der Waals surface area (Å²) in [6.45, 7) is 4.43. The largest absolute Gasteiger partial charge is 0.332 e. The Bertz CT molecular complexity index is 879. The predicted octanol–water partition coefficient (Wildman–Crippen LogP) is 2.85. The van der Waals surface area contributed by atoms with Crippen molar-refractivity contribution < 1.29 is 4.79 Å². The van der Waals surface area contributed by atoms with Crippen LogP contribution in [0, 0.1) is 0 Å². The molecule has 0 radical (unpaired) electrons. The van der Waals surface area contributed by atoms with Crippen LogP contribution in [0.4, 0.5) is 0 Å². The van der Waals surface area contributed by atoms with Crippen LogP contribution in [0.15, 0.2) is 48.1 Å². The maximum Gasteiger partial charge on any atom is 0.273 e. The monoisotopic (exact) mass is 389 g/mol. The number of para-hydroxylation sites is 1. The first-order valence-electron chi connectivity index (χ1n) is 8.30. The lowest BCUT2D eigenvalue weighted by atomic mass is 10.2. The van der Waals surface area contributed by atoms with Crippen LogP contribution in [0.2, 0.25) is 0 Å². The van der Waals surface area contributed by atoms with Crippen LogP contribution in [0.1, 0.15) is 17.4 Å². The fourth-order valence-electron chi connectivity index (χ4n) is 2.95. The highest BCUT2D eigenvalue weighted by Gasteiger charge is 2.26. The van der Waals surface area contributed by atoms with Crippen LogP contribution < -0.4 is 5.32 Å². The van der Waals surface area contributed by atoms with Gasteiger partial charge in [-0.2, -0.15) is 5.10 Å². The molecule has 1 amide bonds. The Morgan fingerprint density at radius 3 is 2.88 bits per heavy atom. The summed E-state index contributed by atoms with van der Waals surface area (Å²) in [5.74, 6) is 0.00644. The summed E-state index contributed by atoms with van der Waals surface area (Å²) in [4.78, 5) is 19.1. The number of amides is 1. The molecule has 0 bridgehead atoms. The molecule has 26 heavy (non-hydrogen) atoms. The molecule has 136 valence electrons. The minimum absolute atomic E-state index is 0. The molecule has 8 heteroatoms. The molecule has 3 aromatic rings. The number of benzene rings is 1. The predicted molar refractivity (Wildman–Crippen MR) is 105 cm³/mol. The number of nitrogens with one attached hydrogen (secondary N) is 1. The number of halogens is 1. The van der Waals surface area contributed by atoms with E-state index in [1.54, 1.807) is 6.20 Å². The number of aromatic nitrogens is 3. The van der Waals surface area contributed by atoms with Gasteiger partial charge in [-0.15, -0.1) is 23.7 Å². The minimum Gasteiger partial charge on any atom is -0.332 e. The molecule has 0 saturated carbocycles. The second kappa shape index (κ2) is 7.99. The average Bonchev–Trinajstić information content (AvgIpc) is 3.32. The number of thiazole rings is 1. The Morgan fingerprint density at radius 2 is 2.12 bits per heavy atom. The number of hydrogen-bond donors (Lipinski definition) is 1. The fraction of sp³-hybridized carbons (Fsp3) is 0.278. The average molecular weight is 390 g/mol. The summed E-state index contributed by atoms with van der Waals surface area (Å²) in [5.41, 5.74) is 2.43. The van der Waals surface area contributed by atoms with E-state index < -0.39 is 0 Å². The maximum atomic E-state index is 12.7. The van der Waals surface area contributed by atoms with Gasteiger partial charge >= 0.3 is 0 Å². The summed E-state index contributed by atoms with van der Waals surface area (Å²) in [7, 11) is 0. The van der Waals surface area contributed by atoms with Gasteiger partial charge in [0, 0.05) is 42.8 Å². The summed E-state index contributed by atoms with van der Waals surface area (Å²) in [6, 6.07) is 10.1. The van der Waals surface area contributed by atoms with Crippen LogP contribution in [0.25, 0.3) is 16.3 Å². The molecule has 1 aliphatic rings. The standard InChI is InChI=1S/C18H19N5OS.ClH/c1-13-9-19-7-8-22(13)18(24)16-12-25-17(21-16)14-10-20-23(11-14)15-5-3-2-4-6-15;/h2-6,10-13,19H,7-9H2,1H3;1H. The Kier molecular flexibility index (Phi) is 5.70. The Morgan fingerprint density at radius 1 is 1.31 bits per heavy atom. The quantitative estimate of drug-likeness (QED) is 0.748. The Balaban J connectivity index is 0.00000196. The second-order valence-corrected chi connectivity index (χ2v) is 6.96. The first-order chi connectivity index (χ1) is 12.2. The fourth-order valence-corrected chi connectivity index (χ4v) is 3.72. The van der Waals surface area contributed by atoms with E-state index in [1.807, 2.05) is 51.5 Å². The Labute approximate surface area is 162 Å². The van der Waals surface area contributed by atoms with Crippen LogP contribution in [-0.4, -0.2) is 51.2 Å². The van der Waals surface area contributed by atoms with E-state index in [0.29, 0.717) is 5.69 Å². The van der Waals surface area contributed by atoms with Crippen molar-refractivity contribution in [1.29, 1.82) is 0 Å². The van der Waals surface area contributed by atoms with Gasteiger partial charge in [-0.1, -0.05) is 18.2 Å². The number of nitrogens with zero attached hydrogens (tertiary/aromatic N) is 4. The van der Waals surface area contributed by atoms with Gasteiger partial charge in [0.05, 0.1) is 11.9 Å². The summed E-state index contributed by atoms with van der Waals surface area (Å²) >= 11 is 1.48. The van der Waals surface area contributed by atoms with Crippen molar-refractivity contribution in [2.75, 3.05) is 19.6 Å². The molecule has 1 aromatic carbocycles. The lowest BCUT2D eigenvalue weighted by molar-refractivity contribution is 0.0650. The summed E-state index contributed by atoms with van der Waals surface area (Å²) in [5, 5.41) is 10.3. The van der Waals surface area contributed by atoms with Crippen LogP contribution in [0.3, 0.4) is 0 Å². The van der Waals surface area contributed by atoms with Crippen LogP contribution in [0.5, 0.6) is 0 Å². The van der Waals surface area contributed by atoms with Gasteiger partial charge in [0.1, 0.15) is 10.7 Å². The van der Waals surface area contributed by atoms with Gasteiger partial charge in [0.15, 0.2) is 0 Å². The molecular formula is C18H20ClN5OS. The molecule has 0 aliphatic carbocycles. The van der Waals surface area contributed by atoms with Crippen molar-refractivity contribution in [3.05, 3.63) is 53.8 Å². The van der Waals surface area contributed by atoms with E-state index in [4.69, 9.17) is 0 Å².